The number of hydrogen-bond donors (Lipinski definition) is 1. The number of pyridine rings is 1. The molecular weight excluding hydrogens is 342 g/mol. The normalized spacial score (nSPS) is 12.3. The Bertz CT molecular complexity index is 808. The van der Waals surface area contributed by atoms with Gasteiger partial charge in [0, 0.05) is 26.0 Å². The average molecular weight is 363 g/mol. The Morgan fingerprint density at radius 1 is 1.20 bits per heavy atom. The van der Waals surface area contributed by atoms with Crippen LogP contribution in [0.3, 0.4) is 0 Å². The Hall–Kier alpha value is -2.61. The maximum atomic E-state index is 12.1. The van der Waals surface area contributed by atoms with Crippen LogP contribution in [0.2, 0.25) is 0 Å². The lowest BCUT2D eigenvalue weighted by Gasteiger charge is -2.18. The SMILES string of the molecule is C[C@H](Oc1ccc(N(C)S(C)(=O)=O)cc1)C(=O)NCc1ccncc1. The van der Waals surface area contributed by atoms with Crippen LogP contribution in [0.25, 0.3) is 0 Å². The van der Waals surface area contributed by atoms with Crippen LogP contribution in [0.1, 0.15) is 12.5 Å². The van der Waals surface area contributed by atoms with Crippen molar-refractivity contribution in [1.82, 2.24) is 10.3 Å². The van der Waals surface area contributed by atoms with E-state index in [4.69, 9.17) is 4.74 Å². The van der Waals surface area contributed by atoms with Crippen LogP contribution in [0, 0.1) is 0 Å². The van der Waals surface area contributed by atoms with Crippen molar-refractivity contribution in [3.8, 4) is 5.75 Å². The largest absolute Gasteiger partial charge is 0.481 e. The minimum atomic E-state index is -3.31. The van der Waals surface area contributed by atoms with E-state index in [-0.39, 0.29) is 5.91 Å². The van der Waals surface area contributed by atoms with Crippen molar-refractivity contribution in [2.24, 2.45) is 0 Å². The van der Waals surface area contributed by atoms with Crippen LogP contribution in [0.5, 0.6) is 5.75 Å². The topological polar surface area (TPSA) is 88.6 Å². The van der Waals surface area contributed by atoms with Gasteiger partial charge in [-0.25, -0.2) is 8.42 Å². The third-order valence-corrected chi connectivity index (χ3v) is 4.80. The molecule has 1 atom stereocenters. The standard InChI is InChI=1S/C17H21N3O4S/c1-13(17(21)19-12-14-8-10-18-11-9-14)24-16-6-4-15(5-7-16)20(2)25(3,22)23/h4-11,13H,12H2,1-3H3,(H,19,21)/t13-/m0/s1. The third-order valence-electron chi connectivity index (χ3n) is 3.60. The molecule has 0 aliphatic carbocycles. The molecular formula is C17H21N3O4S. The molecule has 1 N–H and O–H groups in total. The summed E-state index contributed by atoms with van der Waals surface area (Å²) in [5.41, 5.74) is 1.47. The van der Waals surface area contributed by atoms with Crippen molar-refractivity contribution in [1.29, 1.82) is 0 Å². The number of nitrogens with one attached hydrogen (secondary N) is 1. The van der Waals surface area contributed by atoms with Crippen molar-refractivity contribution < 1.29 is 17.9 Å². The molecule has 0 spiro atoms. The van der Waals surface area contributed by atoms with Crippen molar-refractivity contribution in [3.63, 3.8) is 0 Å². The number of ether oxygens (including phenoxy) is 1. The van der Waals surface area contributed by atoms with Crippen LogP contribution in [0.4, 0.5) is 5.69 Å². The highest BCUT2D eigenvalue weighted by molar-refractivity contribution is 7.92. The number of carbonyl (C=O) groups is 1. The molecule has 0 saturated carbocycles. The molecule has 1 amide bonds. The number of amides is 1. The molecule has 25 heavy (non-hydrogen) atoms. The van der Waals surface area contributed by atoms with E-state index < -0.39 is 16.1 Å². The van der Waals surface area contributed by atoms with Gasteiger partial charge in [-0.15, -0.1) is 0 Å². The molecule has 2 rings (SSSR count). The minimum absolute atomic E-state index is 0.242. The number of anilines is 1. The number of nitrogens with zero attached hydrogens (tertiary/aromatic N) is 2. The van der Waals surface area contributed by atoms with Crippen molar-refractivity contribution in [3.05, 3.63) is 54.4 Å². The van der Waals surface area contributed by atoms with E-state index in [9.17, 15) is 13.2 Å². The summed E-state index contributed by atoms with van der Waals surface area (Å²) in [6.07, 6.45) is 3.78. The Morgan fingerprint density at radius 3 is 2.36 bits per heavy atom. The predicted molar refractivity (Wildman–Crippen MR) is 95.9 cm³/mol. The predicted octanol–water partition coefficient (Wildman–Crippen LogP) is 1.56. The molecule has 1 aromatic heterocycles. The van der Waals surface area contributed by atoms with Gasteiger partial charge in [0.2, 0.25) is 10.0 Å². The van der Waals surface area contributed by atoms with Gasteiger partial charge in [-0.1, -0.05) is 0 Å². The van der Waals surface area contributed by atoms with Crippen LogP contribution < -0.4 is 14.4 Å². The Balaban J connectivity index is 1.91. The molecule has 0 bridgehead atoms. The summed E-state index contributed by atoms with van der Waals surface area (Å²) in [7, 11) is -1.84. The molecule has 0 aliphatic heterocycles. The molecule has 1 aromatic carbocycles. The van der Waals surface area contributed by atoms with E-state index in [1.165, 1.54) is 11.4 Å². The van der Waals surface area contributed by atoms with Crippen LogP contribution in [-0.4, -0.2) is 38.7 Å². The molecule has 0 fully saturated rings. The zero-order valence-corrected chi connectivity index (χ0v) is 15.2. The summed E-state index contributed by atoms with van der Waals surface area (Å²) in [5.74, 6) is 0.242. The van der Waals surface area contributed by atoms with E-state index in [1.54, 1.807) is 43.6 Å². The smallest absolute Gasteiger partial charge is 0.261 e. The maximum absolute atomic E-state index is 12.1. The van der Waals surface area contributed by atoms with Gasteiger partial charge in [0.25, 0.3) is 5.91 Å². The monoisotopic (exact) mass is 363 g/mol. The van der Waals surface area contributed by atoms with Crippen molar-refractivity contribution in [2.75, 3.05) is 17.6 Å². The van der Waals surface area contributed by atoms with Crippen LogP contribution in [0.15, 0.2) is 48.8 Å². The van der Waals surface area contributed by atoms with Crippen LogP contribution in [-0.2, 0) is 21.4 Å². The molecule has 134 valence electrons. The third kappa shape index (κ3) is 5.46. The first-order chi connectivity index (χ1) is 11.8. The molecule has 0 unspecified atom stereocenters. The van der Waals surface area contributed by atoms with Gasteiger partial charge in [0.15, 0.2) is 6.10 Å². The molecule has 0 saturated heterocycles. The summed E-state index contributed by atoms with van der Waals surface area (Å²) in [6, 6.07) is 10.1. The number of sulfonamides is 1. The minimum Gasteiger partial charge on any atom is -0.481 e. The Labute approximate surface area is 147 Å². The number of rotatable bonds is 7. The molecule has 2 aromatic rings. The number of hydrogen-bond acceptors (Lipinski definition) is 5. The second-order valence-electron chi connectivity index (χ2n) is 5.56. The number of benzene rings is 1. The van der Waals surface area contributed by atoms with E-state index in [2.05, 4.69) is 10.3 Å². The first kappa shape index (κ1) is 18.7. The first-order valence-electron chi connectivity index (χ1n) is 7.64. The van der Waals surface area contributed by atoms with E-state index in [0.717, 1.165) is 11.8 Å². The number of aromatic nitrogens is 1. The van der Waals surface area contributed by atoms with E-state index in [0.29, 0.717) is 18.0 Å². The first-order valence-corrected chi connectivity index (χ1v) is 9.49. The molecule has 7 nitrogen and oxygen atoms in total. The molecule has 0 radical (unpaired) electrons. The maximum Gasteiger partial charge on any atom is 0.261 e. The highest BCUT2D eigenvalue weighted by atomic mass is 32.2. The zero-order valence-electron chi connectivity index (χ0n) is 14.3. The second kappa shape index (κ2) is 7.98. The van der Waals surface area contributed by atoms with Gasteiger partial charge in [-0.3, -0.25) is 14.1 Å². The summed E-state index contributed by atoms with van der Waals surface area (Å²) >= 11 is 0. The van der Waals surface area contributed by atoms with Gasteiger partial charge in [-0.2, -0.15) is 0 Å². The fraction of sp³-hybridized carbons (Fsp3) is 0.294. The van der Waals surface area contributed by atoms with Gasteiger partial charge in [-0.05, 0) is 48.9 Å². The van der Waals surface area contributed by atoms with Gasteiger partial charge < -0.3 is 10.1 Å². The lowest BCUT2D eigenvalue weighted by molar-refractivity contribution is -0.127. The van der Waals surface area contributed by atoms with E-state index >= 15 is 0 Å². The van der Waals surface area contributed by atoms with Gasteiger partial charge in [0.1, 0.15) is 5.75 Å². The highest BCUT2D eigenvalue weighted by Crippen LogP contribution is 2.21. The zero-order chi connectivity index (χ0) is 18.4. The molecule has 1 heterocycles. The summed E-state index contributed by atoms with van der Waals surface area (Å²) in [5, 5.41) is 2.79. The van der Waals surface area contributed by atoms with Crippen molar-refractivity contribution >= 4 is 21.6 Å². The average Bonchev–Trinajstić information content (AvgIpc) is 2.59. The Morgan fingerprint density at radius 2 is 1.80 bits per heavy atom. The number of carbonyl (C=O) groups excluding carboxylic acids is 1. The second-order valence-corrected chi connectivity index (χ2v) is 7.57. The van der Waals surface area contributed by atoms with Crippen molar-refractivity contribution in [2.45, 2.75) is 19.6 Å². The summed E-state index contributed by atoms with van der Waals surface area (Å²) < 4.78 is 29.8. The molecule has 0 aliphatic rings. The molecule has 8 heteroatoms. The quantitative estimate of drug-likeness (QED) is 0.806. The van der Waals surface area contributed by atoms with Gasteiger partial charge >= 0.3 is 0 Å². The van der Waals surface area contributed by atoms with Crippen LogP contribution >= 0.6 is 0 Å². The highest BCUT2D eigenvalue weighted by Gasteiger charge is 2.15. The fourth-order valence-corrected chi connectivity index (χ4v) is 2.52. The Kier molecular flexibility index (Phi) is 5.97. The lowest BCUT2D eigenvalue weighted by Crippen LogP contribution is -2.35. The summed E-state index contributed by atoms with van der Waals surface area (Å²) in [6.45, 7) is 2.05. The fourth-order valence-electron chi connectivity index (χ4n) is 2.02. The van der Waals surface area contributed by atoms with Gasteiger partial charge in [0.05, 0.1) is 11.9 Å². The van der Waals surface area contributed by atoms with E-state index in [1.807, 2.05) is 12.1 Å². The lowest BCUT2D eigenvalue weighted by atomic mass is 10.2. The summed E-state index contributed by atoms with van der Waals surface area (Å²) in [4.78, 5) is 16.0.